The van der Waals surface area contributed by atoms with Crippen LogP contribution in [0.3, 0.4) is 0 Å². The monoisotopic (exact) mass is 290 g/mol. The molecule has 0 atom stereocenters. The van der Waals surface area contributed by atoms with E-state index in [1.165, 1.54) is 0 Å². The Balaban J connectivity index is 4.21. The highest BCUT2D eigenvalue weighted by Crippen LogP contribution is 2.30. The number of aliphatic carboxylic acids is 1. The number of carboxylic acid groups (broad SMARTS) is 1. The van der Waals surface area contributed by atoms with Gasteiger partial charge >= 0.3 is 12.0 Å². The summed E-state index contributed by atoms with van der Waals surface area (Å²) in [5, 5.41) is 14.7. The van der Waals surface area contributed by atoms with Crippen molar-refractivity contribution in [3.8, 4) is 0 Å². The minimum atomic E-state index is -1.04. The SMILES string of the molecule is CSCCCCNC(=O)NC(C)(C)C(C)(C)C(=O)O. The molecule has 0 aliphatic rings. The molecule has 0 aromatic heterocycles. The fourth-order valence-corrected chi connectivity index (χ4v) is 1.82. The van der Waals surface area contributed by atoms with E-state index in [0.29, 0.717) is 6.54 Å². The topological polar surface area (TPSA) is 78.4 Å². The van der Waals surface area contributed by atoms with E-state index in [1.54, 1.807) is 39.5 Å². The Hall–Kier alpha value is -0.910. The average molecular weight is 290 g/mol. The van der Waals surface area contributed by atoms with Crippen LogP contribution >= 0.6 is 11.8 Å². The molecule has 0 heterocycles. The lowest BCUT2D eigenvalue weighted by molar-refractivity contribution is -0.150. The summed E-state index contributed by atoms with van der Waals surface area (Å²) < 4.78 is 0. The van der Waals surface area contributed by atoms with Gasteiger partial charge in [0.2, 0.25) is 0 Å². The van der Waals surface area contributed by atoms with Gasteiger partial charge in [0.25, 0.3) is 0 Å². The van der Waals surface area contributed by atoms with Crippen LogP contribution in [-0.2, 0) is 4.79 Å². The Morgan fingerprint density at radius 2 is 1.74 bits per heavy atom. The van der Waals surface area contributed by atoms with Crippen LogP contribution in [-0.4, -0.2) is 41.2 Å². The molecule has 0 aliphatic heterocycles. The number of nitrogens with one attached hydrogen (secondary N) is 2. The molecule has 2 amide bonds. The van der Waals surface area contributed by atoms with Gasteiger partial charge in [0, 0.05) is 6.54 Å². The molecule has 0 rings (SSSR count). The molecule has 6 heteroatoms. The summed E-state index contributed by atoms with van der Waals surface area (Å²) >= 11 is 1.78. The molecule has 0 radical (unpaired) electrons. The number of hydrogen-bond donors (Lipinski definition) is 3. The van der Waals surface area contributed by atoms with Crippen LogP contribution in [0.4, 0.5) is 4.79 Å². The van der Waals surface area contributed by atoms with Gasteiger partial charge in [-0.15, -0.1) is 0 Å². The molecule has 0 unspecified atom stereocenters. The Kier molecular flexibility index (Phi) is 7.26. The maximum atomic E-state index is 11.7. The van der Waals surface area contributed by atoms with Crippen molar-refractivity contribution in [3.63, 3.8) is 0 Å². The Labute approximate surface area is 119 Å². The van der Waals surface area contributed by atoms with Gasteiger partial charge in [-0.05, 0) is 52.5 Å². The van der Waals surface area contributed by atoms with E-state index in [2.05, 4.69) is 16.9 Å². The number of hydrogen-bond acceptors (Lipinski definition) is 3. The van der Waals surface area contributed by atoms with Crippen LogP contribution < -0.4 is 10.6 Å². The van der Waals surface area contributed by atoms with E-state index in [9.17, 15) is 14.7 Å². The van der Waals surface area contributed by atoms with Crippen molar-refractivity contribution in [2.75, 3.05) is 18.6 Å². The summed E-state index contributed by atoms with van der Waals surface area (Å²) in [4.78, 5) is 22.9. The molecular formula is C13H26N2O3S. The second-order valence-corrected chi connectivity index (χ2v) is 6.62. The molecule has 0 aromatic rings. The van der Waals surface area contributed by atoms with E-state index < -0.39 is 16.9 Å². The summed E-state index contributed by atoms with van der Waals surface area (Å²) in [7, 11) is 0. The summed E-state index contributed by atoms with van der Waals surface area (Å²) in [5.41, 5.74) is -1.87. The van der Waals surface area contributed by atoms with Crippen LogP contribution in [0.15, 0.2) is 0 Å². The fourth-order valence-electron chi connectivity index (χ4n) is 1.32. The highest BCUT2D eigenvalue weighted by atomic mass is 32.2. The zero-order chi connectivity index (χ0) is 15.1. The first-order valence-electron chi connectivity index (χ1n) is 6.43. The van der Waals surface area contributed by atoms with Crippen LogP contribution in [0, 0.1) is 5.41 Å². The summed E-state index contributed by atoms with van der Waals surface area (Å²) in [5.74, 6) is 0.152. The zero-order valence-electron chi connectivity index (χ0n) is 12.5. The Bertz CT molecular complexity index is 317. The number of rotatable bonds is 8. The summed E-state index contributed by atoms with van der Waals surface area (Å²) in [6, 6.07) is -0.316. The van der Waals surface area contributed by atoms with Gasteiger partial charge in [0.05, 0.1) is 11.0 Å². The van der Waals surface area contributed by atoms with Crippen molar-refractivity contribution < 1.29 is 14.7 Å². The molecule has 0 saturated heterocycles. The average Bonchev–Trinajstić information content (AvgIpc) is 2.27. The molecule has 5 nitrogen and oxygen atoms in total. The maximum absolute atomic E-state index is 11.7. The largest absolute Gasteiger partial charge is 0.481 e. The molecule has 0 spiro atoms. The number of thioether (sulfide) groups is 1. The molecule has 0 saturated carbocycles. The predicted molar refractivity (Wildman–Crippen MR) is 79.6 cm³/mol. The van der Waals surface area contributed by atoms with Crippen LogP contribution in [0.1, 0.15) is 40.5 Å². The van der Waals surface area contributed by atoms with Crippen molar-refractivity contribution in [1.29, 1.82) is 0 Å². The third-order valence-corrected chi connectivity index (χ3v) is 4.28. The highest BCUT2D eigenvalue weighted by molar-refractivity contribution is 7.98. The van der Waals surface area contributed by atoms with E-state index in [-0.39, 0.29) is 6.03 Å². The third kappa shape index (κ3) is 5.72. The minimum absolute atomic E-state index is 0.316. The van der Waals surface area contributed by atoms with Gasteiger partial charge in [-0.2, -0.15) is 11.8 Å². The van der Waals surface area contributed by atoms with Crippen LogP contribution in [0.2, 0.25) is 0 Å². The van der Waals surface area contributed by atoms with E-state index in [4.69, 9.17) is 0 Å². The maximum Gasteiger partial charge on any atom is 0.315 e. The van der Waals surface area contributed by atoms with Crippen molar-refractivity contribution in [2.24, 2.45) is 5.41 Å². The molecule has 3 N–H and O–H groups in total. The minimum Gasteiger partial charge on any atom is -0.481 e. The number of amides is 2. The second kappa shape index (κ2) is 7.62. The van der Waals surface area contributed by atoms with Crippen molar-refractivity contribution >= 4 is 23.8 Å². The summed E-state index contributed by atoms with van der Waals surface area (Å²) in [6.07, 6.45) is 4.04. The van der Waals surface area contributed by atoms with Gasteiger partial charge in [-0.25, -0.2) is 4.79 Å². The standard InChI is InChI=1S/C13H26N2O3S/c1-12(2,10(16)17)13(3,4)15-11(18)14-8-6-7-9-19-5/h6-9H2,1-5H3,(H,16,17)(H2,14,15,18). The molecule has 0 bridgehead atoms. The smallest absolute Gasteiger partial charge is 0.315 e. The highest BCUT2D eigenvalue weighted by Gasteiger charge is 2.44. The molecule has 0 aromatic carbocycles. The van der Waals surface area contributed by atoms with Crippen molar-refractivity contribution in [2.45, 2.75) is 46.1 Å². The number of carbonyl (C=O) groups is 2. The molecule has 0 fully saturated rings. The lowest BCUT2D eigenvalue weighted by Gasteiger charge is -2.38. The van der Waals surface area contributed by atoms with Gasteiger partial charge < -0.3 is 15.7 Å². The Morgan fingerprint density at radius 1 is 1.16 bits per heavy atom. The first-order valence-corrected chi connectivity index (χ1v) is 7.83. The number of urea groups is 1. The second-order valence-electron chi connectivity index (χ2n) is 5.64. The molecule has 0 aliphatic carbocycles. The van der Waals surface area contributed by atoms with Crippen LogP contribution in [0.5, 0.6) is 0 Å². The molecule has 19 heavy (non-hydrogen) atoms. The number of carbonyl (C=O) groups excluding carboxylic acids is 1. The normalized spacial score (nSPS) is 12.1. The summed E-state index contributed by atoms with van der Waals surface area (Å²) in [6.45, 7) is 7.25. The van der Waals surface area contributed by atoms with Gasteiger partial charge in [-0.3, -0.25) is 4.79 Å². The molecular weight excluding hydrogens is 264 g/mol. The van der Waals surface area contributed by atoms with E-state index in [1.807, 2.05) is 0 Å². The first-order chi connectivity index (χ1) is 8.65. The lowest BCUT2D eigenvalue weighted by atomic mass is 9.74. The van der Waals surface area contributed by atoms with Crippen molar-refractivity contribution in [1.82, 2.24) is 10.6 Å². The Morgan fingerprint density at radius 3 is 2.21 bits per heavy atom. The van der Waals surface area contributed by atoms with Gasteiger partial charge in [0.15, 0.2) is 0 Å². The lowest BCUT2D eigenvalue weighted by Crippen LogP contribution is -2.59. The van der Waals surface area contributed by atoms with Crippen molar-refractivity contribution in [3.05, 3.63) is 0 Å². The van der Waals surface area contributed by atoms with Gasteiger partial charge in [-0.1, -0.05) is 0 Å². The number of unbranched alkanes of at least 4 members (excludes halogenated alkanes) is 1. The zero-order valence-corrected chi connectivity index (χ0v) is 13.3. The van der Waals surface area contributed by atoms with Crippen LogP contribution in [0.25, 0.3) is 0 Å². The molecule has 112 valence electrons. The van der Waals surface area contributed by atoms with Gasteiger partial charge in [0.1, 0.15) is 0 Å². The van der Waals surface area contributed by atoms with E-state index >= 15 is 0 Å². The predicted octanol–water partition coefficient (Wildman–Crippen LogP) is 2.32. The first kappa shape index (κ1) is 18.1. The third-order valence-electron chi connectivity index (χ3n) is 3.58. The number of carboxylic acids is 1. The quantitative estimate of drug-likeness (QED) is 0.599. The fraction of sp³-hybridized carbons (Fsp3) is 0.846. The van der Waals surface area contributed by atoms with E-state index in [0.717, 1.165) is 18.6 Å².